The van der Waals surface area contributed by atoms with Crippen LogP contribution in [0.4, 0.5) is 0 Å². The van der Waals surface area contributed by atoms with E-state index in [1.54, 1.807) is 0 Å². The molecule has 0 heterocycles. The third-order valence-electron chi connectivity index (χ3n) is 2.56. The summed E-state index contributed by atoms with van der Waals surface area (Å²) >= 11 is 5.81. The van der Waals surface area contributed by atoms with Crippen molar-refractivity contribution in [3.05, 3.63) is 0 Å². The van der Waals surface area contributed by atoms with E-state index in [1.807, 2.05) is 0 Å². The van der Waals surface area contributed by atoms with Gasteiger partial charge in [-0.15, -0.1) is 11.6 Å². The van der Waals surface area contributed by atoms with Gasteiger partial charge < -0.3 is 0 Å². The van der Waals surface area contributed by atoms with Gasteiger partial charge in [0.15, 0.2) is 5.78 Å². The lowest BCUT2D eigenvalue weighted by atomic mass is 9.99. The molecule has 9 heavy (non-hydrogen) atoms. The van der Waals surface area contributed by atoms with Gasteiger partial charge in [-0.05, 0) is 25.2 Å². The van der Waals surface area contributed by atoms with E-state index in [-0.39, 0.29) is 5.38 Å². The van der Waals surface area contributed by atoms with E-state index in [0.717, 1.165) is 12.8 Å². The highest BCUT2D eigenvalue weighted by atomic mass is 35.5. The van der Waals surface area contributed by atoms with Crippen molar-refractivity contribution in [1.29, 1.82) is 0 Å². The van der Waals surface area contributed by atoms with E-state index >= 15 is 0 Å². The van der Waals surface area contributed by atoms with Crippen LogP contribution in [0.25, 0.3) is 0 Å². The number of alkyl halides is 1. The van der Waals surface area contributed by atoms with Crippen LogP contribution in [0.5, 0.6) is 0 Å². The molecule has 0 unspecified atom stereocenters. The van der Waals surface area contributed by atoms with Gasteiger partial charge in [-0.3, -0.25) is 4.79 Å². The second kappa shape index (κ2) is 1.72. The molecule has 0 N–H and O–H groups in total. The van der Waals surface area contributed by atoms with Crippen molar-refractivity contribution in [2.45, 2.75) is 24.6 Å². The molecular formula is C7H9ClO. The molecule has 1 nitrogen and oxygen atoms in total. The summed E-state index contributed by atoms with van der Waals surface area (Å²) in [4.78, 5) is 11.0. The number of fused-ring (bicyclic) bond motifs is 2. The van der Waals surface area contributed by atoms with Gasteiger partial charge in [0, 0.05) is 5.92 Å². The van der Waals surface area contributed by atoms with E-state index in [4.69, 9.17) is 11.6 Å². The van der Waals surface area contributed by atoms with Gasteiger partial charge in [0.25, 0.3) is 0 Å². The summed E-state index contributed by atoms with van der Waals surface area (Å²) in [5.74, 6) is 1.19. The quantitative estimate of drug-likeness (QED) is 0.472. The zero-order valence-corrected chi connectivity index (χ0v) is 5.90. The highest BCUT2D eigenvalue weighted by Gasteiger charge is 2.45. The highest BCUT2D eigenvalue weighted by Crippen LogP contribution is 2.44. The first-order chi connectivity index (χ1) is 4.29. The molecule has 0 aliphatic heterocycles. The molecule has 0 radical (unpaired) electrons. The van der Waals surface area contributed by atoms with Crippen molar-refractivity contribution >= 4 is 17.4 Å². The van der Waals surface area contributed by atoms with Gasteiger partial charge in [0.2, 0.25) is 0 Å². The second-order valence-corrected chi connectivity index (χ2v) is 3.54. The van der Waals surface area contributed by atoms with Crippen LogP contribution in [-0.2, 0) is 4.79 Å². The third-order valence-corrected chi connectivity index (χ3v) is 3.13. The Balaban J connectivity index is 2.25. The summed E-state index contributed by atoms with van der Waals surface area (Å²) in [7, 11) is 0. The Kier molecular flexibility index (Phi) is 1.10. The normalized spacial score (nSPS) is 48.6. The monoisotopic (exact) mass is 144 g/mol. The Morgan fingerprint density at radius 1 is 1.44 bits per heavy atom. The number of Topliss-reactive ketones (excluding diaryl/α,β-unsaturated/α-hetero) is 1. The molecule has 0 aromatic rings. The molecule has 2 saturated carbocycles. The first-order valence-electron chi connectivity index (χ1n) is 3.47. The maximum absolute atomic E-state index is 11.0. The van der Waals surface area contributed by atoms with Crippen LogP contribution in [0.15, 0.2) is 0 Å². The zero-order valence-electron chi connectivity index (χ0n) is 5.14. The number of hydrogen-bond donors (Lipinski definition) is 0. The van der Waals surface area contributed by atoms with Gasteiger partial charge in [-0.25, -0.2) is 0 Å². The standard InChI is InChI=1S/C7H9ClO/c8-6-4-1-2-5(3-4)7(6)9/h4-6H,1-3H2/t4-,5-,6+/m0/s1. The maximum Gasteiger partial charge on any atom is 0.154 e. The number of halogens is 1. The fourth-order valence-electron chi connectivity index (χ4n) is 2.00. The zero-order chi connectivity index (χ0) is 6.43. The molecule has 2 aliphatic carbocycles. The van der Waals surface area contributed by atoms with Crippen molar-refractivity contribution in [2.75, 3.05) is 0 Å². The molecule has 0 aromatic heterocycles. The van der Waals surface area contributed by atoms with Gasteiger partial charge in [-0.1, -0.05) is 0 Å². The molecule has 2 fully saturated rings. The van der Waals surface area contributed by atoms with Crippen LogP contribution in [0.3, 0.4) is 0 Å². The van der Waals surface area contributed by atoms with Crippen LogP contribution in [-0.4, -0.2) is 11.2 Å². The number of rotatable bonds is 0. The van der Waals surface area contributed by atoms with Crippen molar-refractivity contribution < 1.29 is 4.79 Å². The summed E-state index contributed by atoms with van der Waals surface area (Å²) in [5.41, 5.74) is 0. The summed E-state index contributed by atoms with van der Waals surface area (Å²) < 4.78 is 0. The van der Waals surface area contributed by atoms with Crippen LogP contribution < -0.4 is 0 Å². The predicted molar refractivity (Wildman–Crippen MR) is 35.5 cm³/mol. The molecular weight excluding hydrogens is 136 g/mol. The largest absolute Gasteiger partial charge is 0.298 e. The van der Waals surface area contributed by atoms with E-state index in [0.29, 0.717) is 17.6 Å². The molecule has 50 valence electrons. The molecule has 2 rings (SSSR count). The fourth-order valence-corrected chi connectivity index (χ4v) is 2.41. The van der Waals surface area contributed by atoms with Crippen molar-refractivity contribution in [1.82, 2.24) is 0 Å². The lowest BCUT2D eigenvalue weighted by Gasteiger charge is -2.12. The number of ketones is 1. The van der Waals surface area contributed by atoms with Crippen molar-refractivity contribution in [3.8, 4) is 0 Å². The number of hydrogen-bond acceptors (Lipinski definition) is 1. The minimum atomic E-state index is -0.122. The summed E-state index contributed by atoms with van der Waals surface area (Å²) in [5, 5.41) is -0.122. The number of carbonyl (C=O) groups is 1. The Morgan fingerprint density at radius 2 is 2.22 bits per heavy atom. The maximum atomic E-state index is 11.0. The van der Waals surface area contributed by atoms with Gasteiger partial charge in [0.1, 0.15) is 0 Å². The average Bonchev–Trinajstić information content (AvgIpc) is 2.37. The minimum absolute atomic E-state index is 0.122. The summed E-state index contributed by atoms with van der Waals surface area (Å²) in [6.45, 7) is 0. The van der Waals surface area contributed by atoms with Crippen LogP contribution in [0.1, 0.15) is 19.3 Å². The molecule has 2 aliphatic rings. The van der Waals surface area contributed by atoms with Crippen molar-refractivity contribution in [3.63, 3.8) is 0 Å². The third kappa shape index (κ3) is 0.644. The van der Waals surface area contributed by atoms with E-state index in [2.05, 4.69) is 0 Å². The topological polar surface area (TPSA) is 17.1 Å². The van der Waals surface area contributed by atoms with Gasteiger partial charge >= 0.3 is 0 Å². The van der Waals surface area contributed by atoms with Crippen LogP contribution in [0, 0.1) is 11.8 Å². The number of carbonyl (C=O) groups excluding carboxylic acids is 1. The van der Waals surface area contributed by atoms with E-state index in [9.17, 15) is 4.79 Å². The molecule has 0 aromatic carbocycles. The van der Waals surface area contributed by atoms with Crippen molar-refractivity contribution in [2.24, 2.45) is 11.8 Å². The second-order valence-electron chi connectivity index (χ2n) is 3.07. The summed E-state index contributed by atoms with van der Waals surface area (Å²) in [6, 6.07) is 0. The fraction of sp³-hybridized carbons (Fsp3) is 0.857. The van der Waals surface area contributed by atoms with Crippen LogP contribution in [0.2, 0.25) is 0 Å². The Hall–Kier alpha value is -0.0400. The first-order valence-corrected chi connectivity index (χ1v) is 3.90. The van der Waals surface area contributed by atoms with E-state index < -0.39 is 0 Å². The molecule has 0 amide bonds. The molecule has 2 bridgehead atoms. The van der Waals surface area contributed by atoms with Crippen LogP contribution >= 0.6 is 11.6 Å². The Bertz CT molecular complexity index is 151. The predicted octanol–water partition coefficient (Wildman–Crippen LogP) is 1.59. The Labute approximate surface area is 59.4 Å². The van der Waals surface area contributed by atoms with Gasteiger partial charge in [-0.2, -0.15) is 0 Å². The molecule has 0 spiro atoms. The highest BCUT2D eigenvalue weighted by molar-refractivity contribution is 6.32. The molecule has 2 heteroatoms. The Morgan fingerprint density at radius 3 is 2.56 bits per heavy atom. The average molecular weight is 145 g/mol. The smallest absolute Gasteiger partial charge is 0.154 e. The van der Waals surface area contributed by atoms with Gasteiger partial charge in [0.05, 0.1) is 5.38 Å². The summed E-state index contributed by atoms with van der Waals surface area (Å²) in [6.07, 6.45) is 3.37. The minimum Gasteiger partial charge on any atom is -0.298 e. The van der Waals surface area contributed by atoms with E-state index in [1.165, 1.54) is 6.42 Å². The SMILES string of the molecule is O=C1[C@H]2CC[C@@H](C2)[C@H]1Cl. The lowest BCUT2D eigenvalue weighted by molar-refractivity contribution is -0.121. The lowest BCUT2D eigenvalue weighted by Crippen LogP contribution is -2.21. The molecule has 3 atom stereocenters. The first kappa shape index (κ1) is 5.72. The molecule has 0 saturated heterocycles.